The van der Waals surface area contributed by atoms with Crippen LogP contribution in [0.1, 0.15) is 29.8 Å². The van der Waals surface area contributed by atoms with E-state index < -0.39 is 10.0 Å². The van der Waals surface area contributed by atoms with Crippen LogP contribution in [0.4, 0.5) is 11.4 Å². The molecule has 2 aromatic rings. The van der Waals surface area contributed by atoms with Crippen molar-refractivity contribution in [3.05, 3.63) is 53.6 Å². The molecule has 0 aliphatic carbocycles. The van der Waals surface area contributed by atoms with Gasteiger partial charge < -0.3 is 10.1 Å². The zero-order chi connectivity index (χ0) is 18.6. The highest BCUT2D eigenvalue weighted by Crippen LogP contribution is 2.22. The van der Waals surface area contributed by atoms with Gasteiger partial charge in [-0.15, -0.1) is 0 Å². The first-order valence-corrected chi connectivity index (χ1v) is 9.70. The zero-order valence-electron chi connectivity index (χ0n) is 14.7. The van der Waals surface area contributed by atoms with Gasteiger partial charge in [0.2, 0.25) is 10.0 Å². The quantitative estimate of drug-likeness (QED) is 0.825. The standard InChI is InChI=1S/C18H22N2O4S/c1-12(2)24-15-10-8-14(9-11-15)19-18(21)16-6-5-7-17(13(16)3)20-25(4,22)23/h5-12,20H,1-4H3,(H,19,21). The van der Waals surface area contributed by atoms with E-state index in [1.807, 2.05) is 13.8 Å². The summed E-state index contributed by atoms with van der Waals surface area (Å²) in [5, 5.41) is 2.80. The number of benzene rings is 2. The minimum absolute atomic E-state index is 0.0770. The highest BCUT2D eigenvalue weighted by molar-refractivity contribution is 7.92. The van der Waals surface area contributed by atoms with Gasteiger partial charge in [0, 0.05) is 11.3 Å². The summed E-state index contributed by atoms with van der Waals surface area (Å²) in [5.41, 5.74) is 1.97. The van der Waals surface area contributed by atoms with Gasteiger partial charge in [-0.25, -0.2) is 8.42 Å². The molecule has 0 fully saturated rings. The molecule has 1 amide bonds. The van der Waals surface area contributed by atoms with Crippen molar-refractivity contribution in [1.29, 1.82) is 0 Å². The van der Waals surface area contributed by atoms with Gasteiger partial charge in [0.1, 0.15) is 5.75 Å². The Morgan fingerprint density at radius 3 is 2.28 bits per heavy atom. The minimum atomic E-state index is -3.41. The number of ether oxygens (including phenoxy) is 1. The van der Waals surface area contributed by atoms with E-state index >= 15 is 0 Å². The molecule has 0 aromatic heterocycles. The monoisotopic (exact) mass is 362 g/mol. The number of hydrogen-bond acceptors (Lipinski definition) is 4. The smallest absolute Gasteiger partial charge is 0.256 e. The van der Waals surface area contributed by atoms with E-state index in [4.69, 9.17) is 4.74 Å². The number of rotatable bonds is 6. The molecule has 0 bridgehead atoms. The summed E-state index contributed by atoms with van der Waals surface area (Å²) in [6.07, 6.45) is 1.15. The first-order chi connectivity index (χ1) is 11.7. The van der Waals surface area contributed by atoms with Gasteiger partial charge in [-0.05, 0) is 62.7 Å². The van der Waals surface area contributed by atoms with Crippen LogP contribution in [0, 0.1) is 6.92 Å². The van der Waals surface area contributed by atoms with Gasteiger partial charge in [0.15, 0.2) is 0 Å². The molecular formula is C18H22N2O4S. The highest BCUT2D eigenvalue weighted by Gasteiger charge is 2.14. The number of hydrogen-bond donors (Lipinski definition) is 2. The summed E-state index contributed by atoms with van der Waals surface area (Å²) in [5.74, 6) is 0.413. The molecule has 2 rings (SSSR count). The molecular weight excluding hydrogens is 340 g/mol. The third-order valence-electron chi connectivity index (χ3n) is 3.36. The lowest BCUT2D eigenvalue weighted by Crippen LogP contribution is -2.16. The third kappa shape index (κ3) is 5.49. The second-order valence-corrected chi connectivity index (χ2v) is 7.75. The second-order valence-electron chi connectivity index (χ2n) is 6.00. The first-order valence-electron chi connectivity index (χ1n) is 7.81. The molecule has 0 spiro atoms. The average Bonchev–Trinajstić information content (AvgIpc) is 2.49. The fraction of sp³-hybridized carbons (Fsp3) is 0.278. The second kappa shape index (κ2) is 7.57. The van der Waals surface area contributed by atoms with Crippen LogP contribution >= 0.6 is 0 Å². The van der Waals surface area contributed by atoms with E-state index in [1.165, 1.54) is 0 Å². The van der Waals surface area contributed by atoms with Crippen molar-refractivity contribution in [3.63, 3.8) is 0 Å². The Labute approximate surface area is 148 Å². The maximum absolute atomic E-state index is 12.5. The van der Waals surface area contributed by atoms with Crippen LogP contribution in [-0.4, -0.2) is 26.7 Å². The molecule has 0 aliphatic heterocycles. The molecule has 0 saturated heterocycles. The lowest BCUT2D eigenvalue weighted by Gasteiger charge is -2.13. The highest BCUT2D eigenvalue weighted by atomic mass is 32.2. The van der Waals surface area contributed by atoms with Crippen molar-refractivity contribution < 1.29 is 17.9 Å². The van der Waals surface area contributed by atoms with Crippen LogP contribution < -0.4 is 14.8 Å². The van der Waals surface area contributed by atoms with Crippen LogP contribution in [0.25, 0.3) is 0 Å². The molecule has 0 saturated carbocycles. The summed E-state index contributed by atoms with van der Waals surface area (Å²) in [6, 6.07) is 12.0. The maximum atomic E-state index is 12.5. The third-order valence-corrected chi connectivity index (χ3v) is 3.95. The Bertz CT molecular complexity index is 859. The molecule has 7 heteroatoms. The van der Waals surface area contributed by atoms with Crippen molar-refractivity contribution in [2.75, 3.05) is 16.3 Å². The van der Waals surface area contributed by atoms with Crippen molar-refractivity contribution in [1.82, 2.24) is 0 Å². The maximum Gasteiger partial charge on any atom is 0.256 e. The van der Waals surface area contributed by atoms with Crippen LogP contribution in [0.5, 0.6) is 5.75 Å². The summed E-state index contributed by atoms with van der Waals surface area (Å²) >= 11 is 0. The van der Waals surface area contributed by atoms with E-state index in [1.54, 1.807) is 49.4 Å². The Kier molecular flexibility index (Phi) is 5.69. The lowest BCUT2D eigenvalue weighted by molar-refractivity contribution is 0.102. The van der Waals surface area contributed by atoms with Crippen LogP contribution in [0.2, 0.25) is 0 Å². The van der Waals surface area contributed by atoms with E-state index in [0.29, 0.717) is 22.5 Å². The van der Waals surface area contributed by atoms with Gasteiger partial charge >= 0.3 is 0 Å². The Morgan fingerprint density at radius 1 is 1.08 bits per heavy atom. The Hall–Kier alpha value is -2.54. The van der Waals surface area contributed by atoms with E-state index in [0.717, 1.165) is 12.0 Å². The number of nitrogens with one attached hydrogen (secondary N) is 2. The fourth-order valence-corrected chi connectivity index (χ4v) is 2.90. The van der Waals surface area contributed by atoms with Gasteiger partial charge in [0.05, 0.1) is 18.0 Å². The molecule has 6 nitrogen and oxygen atoms in total. The number of amides is 1. The van der Waals surface area contributed by atoms with Crippen LogP contribution in [0.15, 0.2) is 42.5 Å². The molecule has 0 heterocycles. The van der Waals surface area contributed by atoms with Crippen molar-refractivity contribution >= 4 is 27.3 Å². The van der Waals surface area contributed by atoms with E-state index in [-0.39, 0.29) is 12.0 Å². The average molecular weight is 362 g/mol. The van der Waals surface area contributed by atoms with Crippen molar-refractivity contribution in [3.8, 4) is 5.75 Å². The summed E-state index contributed by atoms with van der Waals surface area (Å²) in [6.45, 7) is 5.58. The van der Waals surface area contributed by atoms with Gasteiger partial charge in [-0.1, -0.05) is 6.07 Å². The lowest BCUT2D eigenvalue weighted by atomic mass is 10.1. The van der Waals surface area contributed by atoms with E-state index in [2.05, 4.69) is 10.0 Å². The normalized spacial score (nSPS) is 11.2. The van der Waals surface area contributed by atoms with Crippen molar-refractivity contribution in [2.45, 2.75) is 26.9 Å². The minimum Gasteiger partial charge on any atom is -0.491 e. The number of sulfonamides is 1. The fourth-order valence-electron chi connectivity index (χ4n) is 2.28. The topological polar surface area (TPSA) is 84.5 Å². The largest absolute Gasteiger partial charge is 0.491 e. The molecule has 25 heavy (non-hydrogen) atoms. The van der Waals surface area contributed by atoms with Gasteiger partial charge in [0.25, 0.3) is 5.91 Å². The molecule has 0 radical (unpaired) electrons. The van der Waals surface area contributed by atoms with E-state index in [9.17, 15) is 13.2 Å². The molecule has 2 aromatic carbocycles. The zero-order valence-corrected chi connectivity index (χ0v) is 15.5. The molecule has 0 aliphatic rings. The predicted molar refractivity (Wildman–Crippen MR) is 99.8 cm³/mol. The van der Waals surface area contributed by atoms with Gasteiger partial charge in [-0.3, -0.25) is 9.52 Å². The Morgan fingerprint density at radius 2 is 1.72 bits per heavy atom. The molecule has 0 unspecified atom stereocenters. The van der Waals surface area contributed by atoms with Crippen molar-refractivity contribution in [2.24, 2.45) is 0 Å². The molecule has 2 N–H and O–H groups in total. The molecule has 0 atom stereocenters. The number of carbonyl (C=O) groups is 1. The van der Waals surface area contributed by atoms with Crippen LogP contribution in [-0.2, 0) is 10.0 Å². The molecule has 134 valence electrons. The summed E-state index contributed by atoms with van der Waals surface area (Å²) < 4.78 is 30.8. The SMILES string of the molecule is Cc1c(NS(C)(=O)=O)cccc1C(=O)Nc1ccc(OC(C)C)cc1. The summed E-state index contributed by atoms with van der Waals surface area (Å²) in [7, 11) is -3.41. The predicted octanol–water partition coefficient (Wildman–Crippen LogP) is 3.41. The number of anilines is 2. The first kappa shape index (κ1) is 18.8. The Balaban J connectivity index is 2.17. The van der Waals surface area contributed by atoms with Gasteiger partial charge in [-0.2, -0.15) is 0 Å². The summed E-state index contributed by atoms with van der Waals surface area (Å²) in [4.78, 5) is 12.5. The number of carbonyl (C=O) groups excluding carboxylic acids is 1. The van der Waals surface area contributed by atoms with Crippen LogP contribution in [0.3, 0.4) is 0 Å².